The number of ether oxygens (including phenoxy) is 1. The highest BCUT2D eigenvalue weighted by Crippen LogP contribution is 2.20. The van der Waals surface area contributed by atoms with Crippen LogP contribution in [-0.4, -0.2) is 37.7 Å². The van der Waals surface area contributed by atoms with Crippen LogP contribution < -0.4 is 5.73 Å². The standard InChI is InChI=1S/C13H19ClN2O/c14-12-4-3-11(10-13(12)15)2-1-5-16-6-8-17-9-7-16/h3-4,10H,1-2,5-9,15H2. The van der Waals surface area contributed by atoms with E-state index < -0.39 is 0 Å². The minimum atomic E-state index is 0.641. The predicted molar refractivity (Wildman–Crippen MR) is 71.4 cm³/mol. The maximum atomic E-state index is 5.89. The molecule has 17 heavy (non-hydrogen) atoms. The van der Waals surface area contributed by atoms with Crippen LogP contribution in [0.15, 0.2) is 18.2 Å². The van der Waals surface area contributed by atoms with Crippen molar-refractivity contribution in [3.05, 3.63) is 28.8 Å². The molecule has 0 spiro atoms. The van der Waals surface area contributed by atoms with Gasteiger partial charge in [0.25, 0.3) is 0 Å². The SMILES string of the molecule is Nc1cc(CCCN2CCOCC2)ccc1Cl. The van der Waals surface area contributed by atoms with E-state index in [2.05, 4.69) is 11.0 Å². The largest absolute Gasteiger partial charge is 0.398 e. The number of hydrogen-bond acceptors (Lipinski definition) is 3. The Balaban J connectivity index is 1.75. The first-order chi connectivity index (χ1) is 8.25. The van der Waals surface area contributed by atoms with E-state index in [1.165, 1.54) is 5.56 Å². The molecule has 0 unspecified atom stereocenters. The average molecular weight is 255 g/mol. The Morgan fingerprint density at radius 3 is 2.76 bits per heavy atom. The first-order valence-electron chi connectivity index (χ1n) is 6.10. The molecule has 0 aromatic heterocycles. The number of aryl methyl sites for hydroxylation is 1. The molecular formula is C13H19ClN2O. The molecule has 94 valence electrons. The van der Waals surface area contributed by atoms with Gasteiger partial charge in [-0.15, -0.1) is 0 Å². The summed E-state index contributed by atoms with van der Waals surface area (Å²) in [6, 6.07) is 5.90. The molecule has 1 aliphatic rings. The Labute approximate surface area is 107 Å². The summed E-state index contributed by atoms with van der Waals surface area (Å²) in [4.78, 5) is 2.45. The highest BCUT2D eigenvalue weighted by atomic mass is 35.5. The van der Waals surface area contributed by atoms with E-state index in [-0.39, 0.29) is 0 Å². The summed E-state index contributed by atoms with van der Waals surface area (Å²) in [5.74, 6) is 0. The second-order valence-corrected chi connectivity index (χ2v) is 4.82. The van der Waals surface area contributed by atoms with Crippen LogP contribution in [-0.2, 0) is 11.2 Å². The van der Waals surface area contributed by atoms with Gasteiger partial charge in [-0.05, 0) is 37.1 Å². The third kappa shape index (κ3) is 3.87. The molecule has 3 nitrogen and oxygen atoms in total. The second kappa shape index (κ2) is 6.24. The lowest BCUT2D eigenvalue weighted by Gasteiger charge is -2.26. The molecule has 0 saturated carbocycles. The molecule has 1 aromatic rings. The number of morpholine rings is 1. The third-order valence-corrected chi connectivity index (χ3v) is 3.45. The van der Waals surface area contributed by atoms with Crippen LogP contribution in [0.5, 0.6) is 0 Å². The summed E-state index contributed by atoms with van der Waals surface area (Å²) in [6.45, 7) is 4.99. The van der Waals surface area contributed by atoms with Crippen molar-refractivity contribution in [1.29, 1.82) is 0 Å². The van der Waals surface area contributed by atoms with Crippen molar-refractivity contribution < 1.29 is 4.74 Å². The number of nitrogens with two attached hydrogens (primary N) is 1. The van der Waals surface area contributed by atoms with E-state index in [1.54, 1.807) is 0 Å². The van der Waals surface area contributed by atoms with Gasteiger partial charge in [-0.3, -0.25) is 4.90 Å². The number of halogens is 1. The highest BCUT2D eigenvalue weighted by Gasteiger charge is 2.09. The fourth-order valence-electron chi connectivity index (χ4n) is 2.08. The molecular weight excluding hydrogens is 236 g/mol. The molecule has 0 atom stereocenters. The number of rotatable bonds is 4. The summed E-state index contributed by atoms with van der Waals surface area (Å²) in [6.07, 6.45) is 2.21. The molecule has 1 saturated heterocycles. The van der Waals surface area contributed by atoms with Crippen LogP contribution in [0.25, 0.3) is 0 Å². The molecule has 1 fully saturated rings. The first kappa shape index (κ1) is 12.7. The lowest BCUT2D eigenvalue weighted by atomic mass is 10.1. The summed E-state index contributed by atoms with van der Waals surface area (Å²) in [5.41, 5.74) is 7.72. The smallest absolute Gasteiger partial charge is 0.0635 e. The predicted octanol–water partition coefficient (Wildman–Crippen LogP) is 2.19. The van der Waals surface area contributed by atoms with E-state index in [9.17, 15) is 0 Å². The molecule has 1 aromatic carbocycles. The number of nitrogen functional groups attached to an aromatic ring is 1. The molecule has 0 amide bonds. The van der Waals surface area contributed by atoms with Crippen LogP contribution in [0.3, 0.4) is 0 Å². The van der Waals surface area contributed by atoms with Crippen molar-refractivity contribution in [2.24, 2.45) is 0 Å². The maximum Gasteiger partial charge on any atom is 0.0635 e. The monoisotopic (exact) mass is 254 g/mol. The molecule has 2 N–H and O–H groups in total. The Kier molecular flexibility index (Phi) is 4.66. The van der Waals surface area contributed by atoms with Gasteiger partial charge in [0.05, 0.1) is 23.9 Å². The van der Waals surface area contributed by atoms with Crippen molar-refractivity contribution in [3.63, 3.8) is 0 Å². The van der Waals surface area contributed by atoms with Crippen molar-refractivity contribution in [2.75, 3.05) is 38.6 Å². The van der Waals surface area contributed by atoms with Crippen LogP contribution >= 0.6 is 11.6 Å². The van der Waals surface area contributed by atoms with Gasteiger partial charge < -0.3 is 10.5 Å². The fraction of sp³-hybridized carbons (Fsp3) is 0.538. The van der Waals surface area contributed by atoms with E-state index in [4.69, 9.17) is 22.1 Å². The molecule has 0 aliphatic carbocycles. The normalized spacial score (nSPS) is 17.2. The molecule has 2 rings (SSSR count). The Bertz CT molecular complexity index is 364. The van der Waals surface area contributed by atoms with Gasteiger partial charge in [0.15, 0.2) is 0 Å². The van der Waals surface area contributed by atoms with Crippen LogP contribution in [0.1, 0.15) is 12.0 Å². The number of anilines is 1. The quantitative estimate of drug-likeness (QED) is 0.838. The summed E-state index contributed by atoms with van der Waals surface area (Å²) >= 11 is 5.89. The molecule has 1 heterocycles. The van der Waals surface area contributed by atoms with Gasteiger partial charge in [-0.1, -0.05) is 17.7 Å². The van der Waals surface area contributed by atoms with E-state index in [1.807, 2.05) is 12.1 Å². The Morgan fingerprint density at radius 1 is 1.29 bits per heavy atom. The average Bonchev–Trinajstić information content (AvgIpc) is 2.35. The van der Waals surface area contributed by atoms with Crippen molar-refractivity contribution >= 4 is 17.3 Å². The summed E-state index contributed by atoms with van der Waals surface area (Å²) in [5, 5.41) is 0.641. The van der Waals surface area contributed by atoms with E-state index >= 15 is 0 Å². The van der Waals surface area contributed by atoms with Crippen molar-refractivity contribution in [2.45, 2.75) is 12.8 Å². The second-order valence-electron chi connectivity index (χ2n) is 4.41. The van der Waals surface area contributed by atoms with Gasteiger partial charge in [-0.25, -0.2) is 0 Å². The highest BCUT2D eigenvalue weighted by molar-refractivity contribution is 6.33. The Morgan fingerprint density at radius 2 is 2.06 bits per heavy atom. The molecule has 0 radical (unpaired) electrons. The van der Waals surface area contributed by atoms with Gasteiger partial charge in [0, 0.05) is 13.1 Å². The Hall–Kier alpha value is -0.770. The lowest BCUT2D eigenvalue weighted by molar-refractivity contribution is 0.0375. The topological polar surface area (TPSA) is 38.5 Å². The van der Waals surface area contributed by atoms with Gasteiger partial charge >= 0.3 is 0 Å². The zero-order valence-electron chi connectivity index (χ0n) is 9.99. The fourth-order valence-corrected chi connectivity index (χ4v) is 2.20. The van der Waals surface area contributed by atoms with Gasteiger partial charge in [-0.2, -0.15) is 0 Å². The number of nitrogens with zero attached hydrogens (tertiary/aromatic N) is 1. The van der Waals surface area contributed by atoms with Crippen LogP contribution in [0, 0.1) is 0 Å². The summed E-state index contributed by atoms with van der Waals surface area (Å²) in [7, 11) is 0. The maximum absolute atomic E-state index is 5.89. The third-order valence-electron chi connectivity index (χ3n) is 3.10. The van der Waals surface area contributed by atoms with Gasteiger partial charge in [0.2, 0.25) is 0 Å². The van der Waals surface area contributed by atoms with Crippen LogP contribution in [0.2, 0.25) is 5.02 Å². The first-order valence-corrected chi connectivity index (χ1v) is 6.47. The van der Waals surface area contributed by atoms with E-state index in [0.717, 1.165) is 45.7 Å². The molecule has 0 bridgehead atoms. The van der Waals surface area contributed by atoms with Crippen molar-refractivity contribution in [3.8, 4) is 0 Å². The number of benzene rings is 1. The van der Waals surface area contributed by atoms with E-state index in [0.29, 0.717) is 10.7 Å². The zero-order valence-corrected chi connectivity index (χ0v) is 10.7. The zero-order chi connectivity index (χ0) is 12.1. The molecule has 1 aliphatic heterocycles. The van der Waals surface area contributed by atoms with Gasteiger partial charge in [0.1, 0.15) is 0 Å². The van der Waals surface area contributed by atoms with Crippen LogP contribution in [0.4, 0.5) is 5.69 Å². The lowest BCUT2D eigenvalue weighted by Crippen LogP contribution is -2.36. The minimum Gasteiger partial charge on any atom is -0.398 e. The summed E-state index contributed by atoms with van der Waals surface area (Å²) < 4.78 is 5.32. The van der Waals surface area contributed by atoms with Crippen molar-refractivity contribution in [1.82, 2.24) is 4.90 Å². The number of hydrogen-bond donors (Lipinski definition) is 1. The minimum absolute atomic E-state index is 0.641. The molecule has 4 heteroatoms.